The van der Waals surface area contributed by atoms with Gasteiger partial charge in [-0.1, -0.05) is 82.8 Å². The Kier molecular flexibility index (Phi) is 11.5. The van der Waals surface area contributed by atoms with E-state index >= 15 is 0 Å². The van der Waals surface area contributed by atoms with Gasteiger partial charge >= 0.3 is 11.9 Å². The number of halogens is 4. The van der Waals surface area contributed by atoms with Gasteiger partial charge in [-0.05, 0) is 30.7 Å². The van der Waals surface area contributed by atoms with Gasteiger partial charge in [0.05, 0.1) is 49.9 Å². The fraction of sp³-hybridized carbons (Fsp3) is 0.138. The Morgan fingerprint density at radius 1 is 0.932 bits per heavy atom. The summed E-state index contributed by atoms with van der Waals surface area (Å²) >= 11 is 26.8. The second kappa shape index (κ2) is 15.1. The largest absolute Gasteiger partial charge is 0.478 e. The van der Waals surface area contributed by atoms with Crippen molar-refractivity contribution in [3.63, 3.8) is 0 Å². The van der Waals surface area contributed by atoms with Gasteiger partial charge in [0, 0.05) is 16.0 Å². The highest BCUT2D eigenvalue weighted by Crippen LogP contribution is 2.42. The minimum Gasteiger partial charge on any atom is -0.478 e. The van der Waals surface area contributed by atoms with Crippen LogP contribution in [0.3, 0.4) is 0 Å². The van der Waals surface area contributed by atoms with E-state index in [1.165, 1.54) is 23.1 Å². The van der Waals surface area contributed by atoms with Gasteiger partial charge in [0.15, 0.2) is 5.13 Å². The average Bonchev–Trinajstić information content (AvgIpc) is 3.43. The summed E-state index contributed by atoms with van der Waals surface area (Å²) in [7, 11) is 0. The summed E-state index contributed by atoms with van der Waals surface area (Å²) in [5.74, 6) is -3.18. The molecule has 0 spiro atoms. The molecule has 1 atom stereocenters. The third kappa shape index (κ3) is 8.03. The second-order valence-corrected chi connectivity index (χ2v) is 12.4. The lowest BCUT2D eigenvalue weighted by molar-refractivity contribution is -0.142. The fourth-order valence-corrected chi connectivity index (χ4v) is 6.72. The molecule has 1 unspecified atom stereocenters. The van der Waals surface area contributed by atoms with E-state index in [0.29, 0.717) is 21.3 Å². The molecule has 44 heavy (non-hydrogen) atoms. The second-order valence-electron chi connectivity index (χ2n) is 8.82. The lowest BCUT2D eigenvalue weighted by atomic mass is 10.1. The third-order valence-corrected chi connectivity index (χ3v) is 9.66. The third-order valence-electron chi connectivity index (χ3n) is 5.81. The zero-order valence-electron chi connectivity index (χ0n) is 22.5. The molecular weight excluding hydrogens is 692 g/mol. The first-order valence-electron chi connectivity index (χ1n) is 12.6. The summed E-state index contributed by atoms with van der Waals surface area (Å²) in [6.45, 7) is 1.97. The van der Waals surface area contributed by atoms with E-state index in [4.69, 9.17) is 51.1 Å². The Morgan fingerprint density at radius 3 is 2.27 bits per heavy atom. The summed E-state index contributed by atoms with van der Waals surface area (Å²) in [6, 6.07) is 15.6. The van der Waals surface area contributed by atoms with E-state index in [0.717, 1.165) is 0 Å². The number of aromatic carboxylic acids is 1. The van der Waals surface area contributed by atoms with Crippen LogP contribution in [0.1, 0.15) is 44.1 Å². The van der Waals surface area contributed by atoms with Crippen LogP contribution in [0.15, 0.2) is 64.9 Å². The van der Waals surface area contributed by atoms with Gasteiger partial charge in [-0.15, -0.1) is 23.1 Å². The van der Waals surface area contributed by atoms with Gasteiger partial charge < -0.3 is 20.5 Å². The Bertz CT molecular complexity index is 1740. The first-order valence-corrected chi connectivity index (χ1v) is 15.9. The van der Waals surface area contributed by atoms with Crippen molar-refractivity contribution in [2.45, 2.75) is 23.5 Å². The number of amides is 2. The van der Waals surface area contributed by atoms with Crippen molar-refractivity contribution in [3.05, 3.63) is 102 Å². The Balaban J connectivity index is 1.57. The highest BCUT2D eigenvalue weighted by Gasteiger charge is 2.29. The molecule has 1 aromatic heterocycles. The lowest BCUT2D eigenvalue weighted by Gasteiger charge is -2.17. The molecule has 3 aromatic carbocycles. The maximum absolute atomic E-state index is 13.5. The van der Waals surface area contributed by atoms with Gasteiger partial charge in [0.2, 0.25) is 5.91 Å². The number of anilines is 2. The number of nitrogens with zero attached hydrogens (tertiary/aromatic N) is 1. The molecule has 3 N–H and O–H groups in total. The molecule has 2 amide bonds. The normalized spacial score (nSPS) is 11.5. The van der Waals surface area contributed by atoms with Crippen LogP contribution in [0.5, 0.6) is 0 Å². The first kappa shape index (κ1) is 33.6. The smallest absolute Gasteiger partial charge is 0.338 e. The molecule has 0 saturated heterocycles. The molecule has 0 fully saturated rings. The highest BCUT2D eigenvalue weighted by molar-refractivity contribution is 8.00. The summed E-state index contributed by atoms with van der Waals surface area (Å²) in [5.41, 5.74) is 0.415. The van der Waals surface area contributed by atoms with Crippen molar-refractivity contribution in [2.75, 3.05) is 17.2 Å². The number of thioether (sulfide) groups is 1. The van der Waals surface area contributed by atoms with Gasteiger partial charge in [-0.2, -0.15) is 0 Å². The number of hydrogen-bond donors (Lipinski definition) is 3. The van der Waals surface area contributed by atoms with Crippen molar-refractivity contribution in [1.82, 2.24) is 4.98 Å². The molecule has 4 aromatic rings. The van der Waals surface area contributed by atoms with Crippen LogP contribution in [0, 0.1) is 0 Å². The summed E-state index contributed by atoms with van der Waals surface area (Å²) in [6.07, 6.45) is -0.0107. The molecule has 0 aliphatic rings. The van der Waals surface area contributed by atoms with E-state index in [2.05, 4.69) is 15.6 Å². The minimum atomic E-state index is -1.52. The highest BCUT2D eigenvalue weighted by atomic mass is 35.5. The number of benzene rings is 3. The van der Waals surface area contributed by atoms with Crippen molar-refractivity contribution < 1.29 is 29.0 Å². The van der Waals surface area contributed by atoms with Crippen LogP contribution in [-0.4, -0.2) is 40.5 Å². The predicted octanol–water partition coefficient (Wildman–Crippen LogP) is 8.28. The number of thiazole rings is 1. The zero-order chi connectivity index (χ0) is 32.0. The summed E-state index contributed by atoms with van der Waals surface area (Å²) in [5, 5.41) is 15.0. The van der Waals surface area contributed by atoms with Crippen molar-refractivity contribution in [1.29, 1.82) is 0 Å². The standard InChI is InChI=1S/C29H21Cl4N3O6S2/c1-2-42-18(37)12-16-13-43-29(35-16)36-27(39)25(14-7-4-3-5-8-14)44-17-10-6-9-15(11-17)34-26(38)19-20(28(40)41)22(31)24(33)23(32)21(19)30/h3-11,13,25H,2,12H2,1H3,(H,34,38)(H,40,41)(H,35,36,39). The zero-order valence-corrected chi connectivity index (χ0v) is 27.2. The van der Waals surface area contributed by atoms with Crippen LogP contribution in [-0.2, 0) is 20.7 Å². The lowest BCUT2D eigenvalue weighted by Crippen LogP contribution is -2.19. The SMILES string of the molecule is CCOC(=O)Cc1csc(NC(=O)C(Sc2cccc(NC(=O)c3c(Cl)c(Cl)c(Cl)c(Cl)c3C(=O)O)c2)c2ccccc2)n1. The first-order chi connectivity index (χ1) is 21.0. The maximum atomic E-state index is 13.5. The van der Waals surface area contributed by atoms with Crippen LogP contribution in [0.4, 0.5) is 10.8 Å². The molecule has 0 radical (unpaired) electrons. The van der Waals surface area contributed by atoms with Crippen LogP contribution < -0.4 is 10.6 Å². The molecule has 228 valence electrons. The monoisotopic (exact) mass is 711 g/mol. The molecule has 0 bridgehead atoms. The maximum Gasteiger partial charge on any atom is 0.338 e. The molecule has 15 heteroatoms. The predicted molar refractivity (Wildman–Crippen MR) is 174 cm³/mol. The number of aromatic nitrogens is 1. The number of esters is 1. The molecule has 0 aliphatic heterocycles. The number of rotatable bonds is 11. The molecular formula is C29H21Cl4N3O6S2. The molecule has 0 saturated carbocycles. The van der Waals surface area contributed by atoms with Crippen LogP contribution >= 0.6 is 69.5 Å². The van der Waals surface area contributed by atoms with Crippen molar-refractivity contribution in [3.8, 4) is 0 Å². The summed E-state index contributed by atoms with van der Waals surface area (Å²) < 4.78 is 4.95. The van der Waals surface area contributed by atoms with E-state index in [1.54, 1.807) is 60.8 Å². The number of carboxylic acids is 1. The summed E-state index contributed by atoms with van der Waals surface area (Å²) in [4.78, 5) is 55.3. The Hall–Kier alpha value is -3.32. The number of carbonyl (C=O) groups excluding carboxylic acids is 3. The van der Waals surface area contributed by atoms with E-state index < -0.39 is 39.2 Å². The van der Waals surface area contributed by atoms with Crippen LogP contribution in [0.25, 0.3) is 0 Å². The number of carbonyl (C=O) groups is 4. The van der Waals surface area contributed by atoms with Gasteiger partial charge in [-0.25, -0.2) is 9.78 Å². The van der Waals surface area contributed by atoms with Crippen molar-refractivity contribution >= 4 is 104 Å². The van der Waals surface area contributed by atoms with Crippen LogP contribution in [0.2, 0.25) is 20.1 Å². The van der Waals surface area contributed by atoms with Gasteiger partial charge in [0.25, 0.3) is 5.91 Å². The van der Waals surface area contributed by atoms with Gasteiger partial charge in [-0.3, -0.25) is 14.4 Å². The molecule has 4 rings (SSSR count). The average molecular weight is 713 g/mol. The molecule has 1 heterocycles. The number of carboxylic acid groups (broad SMARTS) is 1. The fourth-order valence-electron chi connectivity index (χ4n) is 3.90. The Morgan fingerprint density at radius 2 is 1.61 bits per heavy atom. The number of nitrogens with one attached hydrogen (secondary N) is 2. The quantitative estimate of drug-likeness (QED) is 0.0612. The van der Waals surface area contributed by atoms with E-state index in [-0.39, 0.29) is 39.7 Å². The number of ether oxygens (including phenoxy) is 1. The van der Waals surface area contributed by atoms with Gasteiger partial charge in [0.1, 0.15) is 5.25 Å². The molecule has 0 aliphatic carbocycles. The topological polar surface area (TPSA) is 135 Å². The van der Waals surface area contributed by atoms with Crippen molar-refractivity contribution in [2.24, 2.45) is 0 Å². The molecule has 9 nitrogen and oxygen atoms in total. The number of hydrogen-bond acceptors (Lipinski definition) is 8. The minimum absolute atomic E-state index is 0.0107. The van der Waals surface area contributed by atoms with E-state index in [1.807, 2.05) is 6.07 Å². The Labute approximate surface area is 279 Å². The van der Waals surface area contributed by atoms with E-state index in [9.17, 15) is 24.3 Å².